The van der Waals surface area contributed by atoms with Crippen LogP contribution in [0.5, 0.6) is 17.2 Å². The molecular formula is C27H32N2O5. The molecule has 1 heterocycles. The minimum Gasteiger partial charge on any atom is -0.497 e. The molecule has 34 heavy (non-hydrogen) atoms. The molecule has 0 bridgehead atoms. The maximum atomic E-state index is 13.5. The fraction of sp³-hybridized carbons (Fsp3) is 0.407. The maximum Gasteiger partial charge on any atom is 0.227 e. The molecule has 0 unspecified atom stereocenters. The standard InChI is InChI=1S/C27H32N2O5/c1-32-21-10-7-18(8-11-21)16-28-26(30)22-6-4-5-20-13-14-29(27(31)25(20)22)17-19-9-12-23(33-2)24(15-19)34-3/h4-5,7-12,15,20,22,25H,6,13-14,16-17H2,1-3H3,(H,28,30)/t20-,22-,25+/m1/s1. The monoisotopic (exact) mass is 464 g/mol. The molecule has 0 radical (unpaired) electrons. The van der Waals surface area contributed by atoms with Crippen molar-refractivity contribution in [1.82, 2.24) is 10.2 Å². The second kappa shape index (κ2) is 10.6. The van der Waals surface area contributed by atoms with Crippen molar-refractivity contribution in [2.75, 3.05) is 27.9 Å². The first kappa shape index (κ1) is 23.7. The third-order valence-electron chi connectivity index (χ3n) is 6.78. The number of hydrogen-bond acceptors (Lipinski definition) is 5. The van der Waals surface area contributed by atoms with Gasteiger partial charge in [-0.05, 0) is 54.2 Å². The van der Waals surface area contributed by atoms with E-state index in [9.17, 15) is 9.59 Å². The summed E-state index contributed by atoms with van der Waals surface area (Å²) in [5.41, 5.74) is 1.96. The van der Waals surface area contributed by atoms with Gasteiger partial charge in [0.1, 0.15) is 5.75 Å². The van der Waals surface area contributed by atoms with Gasteiger partial charge >= 0.3 is 0 Å². The van der Waals surface area contributed by atoms with Crippen LogP contribution >= 0.6 is 0 Å². The van der Waals surface area contributed by atoms with Crippen molar-refractivity contribution >= 4 is 11.8 Å². The van der Waals surface area contributed by atoms with Crippen molar-refractivity contribution in [3.8, 4) is 17.2 Å². The Bertz CT molecular complexity index is 1050. The molecule has 2 aliphatic rings. The average Bonchev–Trinajstić information content (AvgIpc) is 2.88. The van der Waals surface area contributed by atoms with Gasteiger partial charge in [0.2, 0.25) is 11.8 Å². The van der Waals surface area contributed by atoms with E-state index in [2.05, 4.69) is 17.5 Å². The van der Waals surface area contributed by atoms with Gasteiger partial charge in [-0.3, -0.25) is 9.59 Å². The van der Waals surface area contributed by atoms with Crippen molar-refractivity contribution < 1.29 is 23.8 Å². The molecule has 0 saturated carbocycles. The number of likely N-dealkylation sites (tertiary alicyclic amines) is 1. The van der Waals surface area contributed by atoms with E-state index >= 15 is 0 Å². The molecule has 7 heteroatoms. The van der Waals surface area contributed by atoms with E-state index in [1.807, 2.05) is 47.4 Å². The summed E-state index contributed by atoms with van der Waals surface area (Å²) in [5.74, 6) is 1.43. The highest BCUT2D eigenvalue weighted by Gasteiger charge is 2.44. The van der Waals surface area contributed by atoms with Crippen LogP contribution in [-0.2, 0) is 22.7 Å². The number of carbonyl (C=O) groups excluding carboxylic acids is 2. The number of benzene rings is 2. The first-order chi connectivity index (χ1) is 16.5. The summed E-state index contributed by atoms with van der Waals surface area (Å²) in [6, 6.07) is 13.3. The molecule has 1 aliphatic heterocycles. The molecular weight excluding hydrogens is 432 g/mol. The highest BCUT2D eigenvalue weighted by molar-refractivity contribution is 5.89. The first-order valence-electron chi connectivity index (χ1n) is 11.6. The third-order valence-corrected chi connectivity index (χ3v) is 6.78. The van der Waals surface area contributed by atoms with E-state index in [4.69, 9.17) is 14.2 Å². The van der Waals surface area contributed by atoms with E-state index in [1.54, 1.807) is 21.3 Å². The largest absolute Gasteiger partial charge is 0.497 e. The van der Waals surface area contributed by atoms with Crippen LogP contribution in [0.1, 0.15) is 24.0 Å². The van der Waals surface area contributed by atoms with Gasteiger partial charge in [-0.1, -0.05) is 30.4 Å². The van der Waals surface area contributed by atoms with E-state index < -0.39 is 0 Å². The van der Waals surface area contributed by atoms with Crippen molar-refractivity contribution in [2.45, 2.75) is 25.9 Å². The molecule has 0 spiro atoms. The first-order valence-corrected chi connectivity index (χ1v) is 11.6. The summed E-state index contributed by atoms with van der Waals surface area (Å²) in [5, 5.41) is 3.04. The van der Waals surface area contributed by atoms with Gasteiger partial charge in [0.25, 0.3) is 0 Å². The smallest absolute Gasteiger partial charge is 0.227 e. The SMILES string of the molecule is COc1ccc(CNC(=O)[C@@H]2CC=C[C@@H]3CCN(Cc4ccc(OC)c(OC)c4)C(=O)[C@@H]32)cc1. The Kier molecular flexibility index (Phi) is 7.40. The molecule has 0 aromatic heterocycles. The minimum atomic E-state index is -0.367. The summed E-state index contributed by atoms with van der Waals surface area (Å²) in [4.78, 5) is 28.6. The molecule has 1 aliphatic carbocycles. The van der Waals surface area contributed by atoms with Crippen molar-refractivity contribution in [1.29, 1.82) is 0 Å². The van der Waals surface area contributed by atoms with E-state index in [0.29, 0.717) is 37.6 Å². The second-order valence-electron chi connectivity index (χ2n) is 8.76. The maximum absolute atomic E-state index is 13.5. The van der Waals surface area contributed by atoms with E-state index in [-0.39, 0.29) is 29.6 Å². The number of fused-ring (bicyclic) bond motifs is 1. The number of hydrogen-bond donors (Lipinski definition) is 1. The highest BCUT2D eigenvalue weighted by Crippen LogP contribution is 2.38. The Hall–Kier alpha value is -3.48. The minimum absolute atomic E-state index is 0.0417. The molecule has 1 saturated heterocycles. The Labute approximate surface area is 200 Å². The zero-order valence-corrected chi connectivity index (χ0v) is 20.0. The Morgan fingerprint density at radius 1 is 1.00 bits per heavy atom. The Morgan fingerprint density at radius 3 is 2.44 bits per heavy atom. The predicted molar refractivity (Wildman–Crippen MR) is 129 cm³/mol. The van der Waals surface area contributed by atoms with Crippen molar-refractivity contribution in [3.63, 3.8) is 0 Å². The van der Waals surface area contributed by atoms with Crippen LogP contribution in [0.4, 0.5) is 0 Å². The lowest BCUT2D eigenvalue weighted by Gasteiger charge is -2.41. The van der Waals surface area contributed by atoms with Crippen molar-refractivity contribution in [2.24, 2.45) is 17.8 Å². The average molecular weight is 465 g/mol. The lowest BCUT2D eigenvalue weighted by Crippen LogP contribution is -2.51. The van der Waals surface area contributed by atoms with Crippen molar-refractivity contribution in [3.05, 3.63) is 65.7 Å². The van der Waals surface area contributed by atoms with Crippen LogP contribution < -0.4 is 19.5 Å². The topological polar surface area (TPSA) is 77.1 Å². The van der Waals surface area contributed by atoms with Crippen LogP contribution in [0.3, 0.4) is 0 Å². The fourth-order valence-corrected chi connectivity index (χ4v) is 4.91. The van der Waals surface area contributed by atoms with Crippen LogP contribution in [0.15, 0.2) is 54.6 Å². The van der Waals surface area contributed by atoms with Crippen LogP contribution in [0, 0.1) is 17.8 Å². The number of piperidine rings is 1. The van der Waals surface area contributed by atoms with Gasteiger partial charge in [0.15, 0.2) is 11.5 Å². The Morgan fingerprint density at radius 2 is 1.74 bits per heavy atom. The quantitative estimate of drug-likeness (QED) is 0.605. The van der Waals surface area contributed by atoms with Gasteiger partial charge in [0.05, 0.1) is 33.2 Å². The molecule has 7 nitrogen and oxygen atoms in total. The number of nitrogens with zero attached hydrogens (tertiary/aromatic N) is 1. The molecule has 3 atom stereocenters. The van der Waals surface area contributed by atoms with Crippen LogP contribution in [-0.4, -0.2) is 44.6 Å². The van der Waals surface area contributed by atoms with Gasteiger partial charge in [-0.2, -0.15) is 0 Å². The third kappa shape index (κ3) is 5.03. The zero-order chi connectivity index (χ0) is 24.1. The highest BCUT2D eigenvalue weighted by atomic mass is 16.5. The van der Waals surface area contributed by atoms with Crippen LogP contribution in [0.25, 0.3) is 0 Å². The number of amides is 2. The molecule has 180 valence electrons. The molecule has 4 rings (SSSR count). The molecule has 1 fully saturated rings. The molecule has 2 amide bonds. The lowest BCUT2D eigenvalue weighted by molar-refractivity contribution is -0.148. The van der Waals surface area contributed by atoms with Gasteiger partial charge in [0, 0.05) is 19.6 Å². The zero-order valence-electron chi connectivity index (χ0n) is 20.0. The van der Waals surface area contributed by atoms with Gasteiger partial charge < -0.3 is 24.4 Å². The predicted octanol–water partition coefficient (Wildman–Crippen LogP) is 3.57. The molecule has 2 aromatic rings. The summed E-state index contributed by atoms with van der Waals surface area (Å²) in [7, 11) is 4.82. The fourth-order valence-electron chi connectivity index (χ4n) is 4.91. The number of carbonyl (C=O) groups is 2. The Balaban J connectivity index is 1.44. The normalized spacial score (nSPS) is 21.6. The van der Waals surface area contributed by atoms with E-state index in [1.165, 1.54) is 0 Å². The van der Waals surface area contributed by atoms with E-state index in [0.717, 1.165) is 23.3 Å². The number of allylic oxidation sites excluding steroid dienone is 2. The summed E-state index contributed by atoms with van der Waals surface area (Å²) in [6.45, 7) is 1.56. The number of nitrogens with one attached hydrogen (secondary N) is 1. The lowest BCUT2D eigenvalue weighted by atomic mass is 9.71. The summed E-state index contributed by atoms with van der Waals surface area (Å²) in [6.07, 6.45) is 5.59. The molecule has 1 N–H and O–H groups in total. The number of ether oxygens (including phenoxy) is 3. The molecule has 2 aromatic carbocycles. The summed E-state index contributed by atoms with van der Waals surface area (Å²) >= 11 is 0. The summed E-state index contributed by atoms with van der Waals surface area (Å²) < 4.78 is 15.9. The number of rotatable bonds is 8. The van der Waals surface area contributed by atoms with Gasteiger partial charge in [-0.15, -0.1) is 0 Å². The van der Waals surface area contributed by atoms with Gasteiger partial charge in [-0.25, -0.2) is 0 Å². The number of methoxy groups -OCH3 is 3. The van der Waals surface area contributed by atoms with Crippen LogP contribution in [0.2, 0.25) is 0 Å². The second-order valence-corrected chi connectivity index (χ2v) is 8.76.